The van der Waals surface area contributed by atoms with Crippen LogP contribution < -0.4 is 10.6 Å². The number of para-hydroxylation sites is 1. The van der Waals surface area contributed by atoms with Gasteiger partial charge in [-0.15, -0.1) is 0 Å². The van der Waals surface area contributed by atoms with Crippen LogP contribution >= 0.6 is 0 Å². The predicted octanol–water partition coefficient (Wildman–Crippen LogP) is 3.71. The molecule has 2 N–H and O–H groups in total. The highest BCUT2D eigenvalue weighted by molar-refractivity contribution is 5.59. The zero-order valence-electron chi connectivity index (χ0n) is 12.3. The molecular weight excluding hydrogens is 232 g/mol. The number of hydrogen-bond acceptors (Lipinski definition) is 2. The second-order valence-electron chi connectivity index (χ2n) is 6.97. The van der Waals surface area contributed by atoms with Crippen LogP contribution in [-0.2, 0) is 13.0 Å². The fourth-order valence-corrected chi connectivity index (χ4v) is 3.59. The quantitative estimate of drug-likeness (QED) is 0.863. The molecule has 2 aliphatic rings. The molecule has 2 nitrogen and oxygen atoms in total. The molecule has 0 spiro atoms. The van der Waals surface area contributed by atoms with E-state index in [2.05, 4.69) is 42.7 Å². The fourth-order valence-electron chi connectivity index (χ4n) is 3.59. The third kappa shape index (κ3) is 2.94. The Kier molecular flexibility index (Phi) is 3.53. The van der Waals surface area contributed by atoms with Crippen LogP contribution in [0.3, 0.4) is 0 Å². The summed E-state index contributed by atoms with van der Waals surface area (Å²) in [5.41, 5.74) is 4.88. The van der Waals surface area contributed by atoms with Crippen LogP contribution in [0.4, 0.5) is 5.69 Å². The van der Waals surface area contributed by atoms with Crippen LogP contribution in [0.15, 0.2) is 18.2 Å². The van der Waals surface area contributed by atoms with Crippen molar-refractivity contribution in [3.63, 3.8) is 0 Å². The van der Waals surface area contributed by atoms with E-state index in [-0.39, 0.29) is 0 Å². The average molecular weight is 258 g/mol. The van der Waals surface area contributed by atoms with Gasteiger partial charge in [-0.1, -0.05) is 32.0 Å². The third-order valence-corrected chi connectivity index (χ3v) is 4.71. The summed E-state index contributed by atoms with van der Waals surface area (Å²) in [5.74, 6) is 0. The van der Waals surface area contributed by atoms with Gasteiger partial charge >= 0.3 is 0 Å². The zero-order valence-corrected chi connectivity index (χ0v) is 12.3. The summed E-state index contributed by atoms with van der Waals surface area (Å²) in [6, 6.07) is 7.45. The first kappa shape index (κ1) is 13.0. The van der Waals surface area contributed by atoms with Gasteiger partial charge in [0.15, 0.2) is 0 Å². The average Bonchev–Trinajstić information content (AvgIpc) is 2.76. The minimum Gasteiger partial charge on any atom is -0.385 e. The molecule has 1 aromatic carbocycles. The minimum absolute atomic E-state index is 0.534. The van der Waals surface area contributed by atoms with Gasteiger partial charge in [-0.25, -0.2) is 0 Å². The van der Waals surface area contributed by atoms with Crippen LogP contribution in [0.2, 0.25) is 0 Å². The van der Waals surface area contributed by atoms with Crippen LogP contribution in [0, 0.1) is 5.41 Å². The van der Waals surface area contributed by atoms with Crippen LogP contribution in [0.5, 0.6) is 0 Å². The molecular formula is C17H26N2. The molecule has 19 heavy (non-hydrogen) atoms. The molecule has 1 unspecified atom stereocenters. The lowest BCUT2D eigenvalue weighted by Crippen LogP contribution is -2.27. The molecule has 0 amide bonds. The molecule has 1 fully saturated rings. The maximum atomic E-state index is 3.76. The number of hydrogen-bond donors (Lipinski definition) is 2. The highest BCUT2D eigenvalue weighted by atomic mass is 14.9. The predicted molar refractivity (Wildman–Crippen MR) is 81.5 cm³/mol. The van der Waals surface area contributed by atoms with Crippen molar-refractivity contribution in [3.8, 4) is 0 Å². The standard InChI is InChI=1S/C17H26N2/c1-17(2)9-8-15(11-17)19-12-14-6-3-5-13-7-4-10-18-16(13)14/h3,5-6,15,18-19H,4,7-12H2,1-2H3. The Hall–Kier alpha value is -1.02. The van der Waals surface area contributed by atoms with E-state index in [1.807, 2.05) is 0 Å². The Morgan fingerprint density at radius 2 is 2.26 bits per heavy atom. The monoisotopic (exact) mass is 258 g/mol. The van der Waals surface area contributed by atoms with Crippen LogP contribution in [0.1, 0.15) is 50.7 Å². The van der Waals surface area contributed by atoms with Crippen molar-refractivity contribution in [2.75, 3.05) is 11.9 Å². The van der Waals surface area contributed by atoms with Crippen molar-refractivity contribution < 1.29 is 0 Å². The van der Waals surface area contributed by atoms with Gasteiger partial charge in [-0.3, -0.25) is 0 Å². The summed E-state index contributed by atoms with van der Waals surface area (Å²) in [5, 5.41) is 7.35. The maximum absolute atomic E-state index is 3.76. The minimum atomic E-state index is 0.534. The molecule has 1 aliphatic heterocycles. The number of benzene rings is 1. The molecule has 2 heteroatoms. The Balaban J connectivity index is 1.64. The van der Waals surface area contributed by atoms with E-state index in [4.69, 9.17) is 0 Å². The summed E-state index contributed by atoms with van der Waals surface area (Å²) < 4.78 is 0. The summed E-state index contributed by atoms with van der Waals surface area (Å²) in [7, 11) is 0. The molecule has 1 saturated carbocycles. The van der Waals surface area contributed by atoms with Crippen molar-refractivity contribution in [3.05, 3.63) is 29.3 Å². The Morgan fingerprint density at radius 1 is 1.37 bits per heavy atom. The summed E-state index contributed by atoms with van der Waals surface area (Å²) in [4.78, 5) is 0. The molecule has 1 atom stereocenters. The molecule has 1 aliphatic carbocycles. The third-order valence-electron chi connectivity index (χ3n) is 4.71. The molecule has 0 aromatic heterocycles. The van der Waals surface area contributed by atoms with E-state index in [1.165, 1.54) is 48.9 Å². The zero-order chi connectivity index (χ0) is 13.3. The molecule has 104 valence electrons. The second-order valence-corrected chi connectivity index (χ2v) is 6.97. The van der Waals surface area contributed by atoms with Crippen molar-refractivity contribution in [2.45, 2.75) is 58.5 Å². The summed E-state index contributed by atoms with van der Waals surface area (Å²) in [6.45, 7) is 6.92. The van der Waals surface area contributed by atoms with E-state index in [0.717, 1.165) is 13.1 Å². The topological polar surface area (TPSA) is 24.1 Å². The Bertz CT molecular complexity index is 451. The van der Waals surface area contributed by atoms with Crippen molar-refractivity contribution in [1.29, 1.82) is 0 Å². The van der Waals surface area contributed by atoms with E-state index in [9.17, 15) is 0 Å². The number of aryl methyl sites for hydroxylation is 1. The van der Waals surface area contributed by atoms with Gasteiger partial charge < -0.3 is 10.6 Å². The largest absolute Gasteiger partial charge is 0.385 e. The SMILES string of the molecule is CC1(C)CCC(NCc2cccc3c2NCCC3)C1. The summed E-state index contributed by atoms with van der Waals surface area (Å²) in [6.07, 6.45) is 6.49. The van der Waals surface area contributed by atoms with Gasteiger partial charge in [0.1, 0.15) is 0 Å². The van der Waals surface area contributed by atoms with E-state index >= 15 is 0 Å². The molecule has 3 rings (SSSR count). The first-order valence-electron chi connectivity index (χ1n) is 7.72. The van der Waals surface area contributed by atoms with Gasteiger partial charge in [0.25, 0.3) is 0 Å². The van der Waals surface area contributed by atoms with Crippen molar-refractivity contribution in [2.24, 2.45) is 5.41 Å². The van der Waals surface area contributed by atoms with Crippen molar-refractivity contribution >= 4 is 5.69 Å². The molecule has 0 saturated heterocycles. The maximum Gasteiger partial charge on any atom is 0.0418 e. The Morgan fingerprint density at radius 3 is 3.05 bits per heavy atom. The second kappa shape index (κ2) is 5.16. The van der Waals surface area contributed by atoms with Crippen molar-refractivity contribution in [1.82, 2.24) is 5.32 Å². The lowest BCUT2D eigenvalue weighted by Gasteiger charge is -2.23. The smallest absolute Gasteiger partial charge is 0.0418 e. The van der Waals surface area contributed by atoms with E-state index in [0.29, 0.717) is 11.5 Å². The number of fused-ring (bicyclic) bond motifs is 1. The lowest BCUT2D eigenvalue weighted by atomic mass is 9.92. The van der Waals surface area contributed by atoms with Gasteiger partial charge in [-0.2, -0.15) is 0 Å². The number of anilines is 1. The number of nitrogens with one attached hydrogen (secondary N) is 2. The van der Waals surface area contributed by atoms with Gasteiger partial charge in [0.2, 0.25) is 0 Å². The highest BCUT2D eigenvalue weighted by Crippen LogP contribution is 2.37. The first-order chi connectivity index (χ1) is 9.14. The molecule has 1 aromatic rings. The Labute approximate surface area is 117 Å². The molecule has 0 bridgehead atoms. The molecule has 0 radical (unpaired) electrons. The van der Waals surface area contributed by atoms with Crippen LogP contribution in [0.25, 0.3) is 0 Å². The first-order valence-corrected chi connectivity index (χ1v) is 7.72. The summed E-state index contributed by atoms with van der Waals surface area (Å²) >= 11 is 0. The van der Waals surface area contributed by atoms with Crippen LogP contribution in [-0.4, -0.2) is 12.6 Å². The van der Waals surface area contributed by atoms with Gasteiger partial charge in [-0.05, 0) is 48.6 Å². The lowest BCUT2D eigenvalue weighted by molar-refractivity contribution is 0.364. The molecule has 1 heterocycles. The van der Waals surface area contributed by atoms with Gasteiger partial charge in [0, 0.05) is 24.8 Å². The number of rotatable bonds is 3. The van der Waals surface area contributed by atoms with E-state index < -0.39 is 0 Å². The van der Waals surface area contributed by atoms with E-state index in [1.54, 1.807) is 0 Å². The normalized spacial score (nSPS) is 24.8. The fraction of sp³-hybridized carbons (Fsp3) is 0.647. The highest BCUT2D eigenvalue weighted by Gasteiger charge is 2.30. The van der Waals surface area contributed by atoms with Gasteiger partial charge in [0.05, 0.1) is 0 Å².